The maximum atomic E-state index is 10.6. The van der Waals surface area contributed by atoms with Crippen LogP contribution >= 0.6 is 11.8 Å². The summed E-state index contributed by atoms with van der Waals surface area (Å²) >= 11 is 1.69. The van der Waals surface area contributed by atoms with E-state index in [4.69, 9.17) is 9.84 Å². The Hall–Kier alpha value is -1.16. The van der Waals surface area contributed by atoms with Crippen molar-refractivity contribution < 1.29 is 14.6 Å². The maximum Gasteiger partial charge on any atom is 0.335 e. The number of thioether (sulfide) groups is 1. The third kappa shape index (κ3) is 3.30. The van der Waals surface area contributed by atoms with E-state index in [1.54, 1.807) is 30.0 Å². The van der Waals surface area contributed by atoms with Gasteiger partial charge in [0, 0.05) is 5.75 Å². The molecule has 4 heteroatoms. The molecule has 3 nitrogen and oxygen atoms in total. The van der Waals surface area contributed by atoms with Crippen molar-refractivity contribution in [2.45, 2.75) is 0 Å². The molecule has 0 unspecified atom stereocenters. The van der Waals surface area contributed by atoms with Crippen LogP contribution in [0.4, 0.5) is 0 Å². The lowest BCUT2D eigenvalue weighted by Gasteiger charge is -2.05. The smallest absolute Gasteiger partial charge is 0.335 e. The predicted octanol–water partition coefficient (Wildman–Crippen LogP) is 2.13. The summed E-state index contributed by atoms with van der Waals surface area (Å²) in [5, 5.41) is 8.72. The molecule has 0 saturated heterocycles. The van der Waals surface area contributed by atoms with E-state index in [0.29, 0.717) is 12.4 Å². The minimum absolute atomic E-state index is 0.256. The van der Waals surface area contributed by atoms with Crippen LogP contribution in [0.3, 0.4) is 0 Å². The number of carboxylic acid groups (broad SMARTS) is 1. The van der Waals surface area contributed by atoms with Gasteiger partial charge in [0.25, 0.3) is 0 Å². The summed E-state index contributed by atoms with van der Waals surface area (Å²) in [7, 11) is 0. The molecule has 0 heterocycles. The zero-order valence-corrected chi connectivity index (χ0v) is 8.71. The highest BCUT2D eigenvalue weighted by Gasteiger charge is 2.02. The van der Waals surface area contributed by atoms with Crippen molar-refractivity contribution >= 4 is 17.7 Å². The van der Waals surface area contributed by atoms with Crippen LogP contribution in [0.2, 0.25) is 0 Å². The molecule has 0 aromatic heterocycles. The largest absolute Gasteiger partial charge is 0.493 e. The first-order valence-electron chi connectivity index (χ1n) is 4.19. The van der Waals surface area contributed by atoms with E-state index in [9.17, 15) is 4.79 Å². The van der Waals surface area contributed by atoms with Crippen molar-refractivity contribution in [2.24, 2.45) is 0 Å². The molecule has 1 aromatic carbocycles. The van der Waals surface area contributed by atoms with E-state index in [1.807, 2.05) is 6.26 Å². The Balaban J connectivity index is 2.59. The zero-order valence-electron chi connectivity index (χ0n) is 7.90. The molecule has 0 radical (unpaired) electrons. The molecule has 76 valence electrons. The molecular weight excluding hydrogens is 200 g/mol. The van der Waals surface area contributed by atoms with Gasteiger partial charge in [-0.3, -0.25) is 0 Å². The van der Waals surface area contributed by atoms with Crippen molar-refractivity contribution in [1.82, 2.24) is 0 Å². The summed E-state index contributed by atoms with van der Waals surface area (Å²) in [6.45, 7) is 0.601. The molecule has 0 bridgehead atoms. The Morgan fingerprint density at radius 2 is 2.36 bits per heavy atom. The number of carbonyl (C=O) groups is 1. The van der Waals surface area contributed by atoms with Gasteiger partial charge in [-0.25, -0.2) is 4.79 Å². The summed E-state index contributed by atoms with van der Waals surface area (Å²) < 4.78 is 5.35. The molecule has 0 amide bonds. The van der Waals surface area contributed by atoms with Crippen LogP contribution in [0.15, 0.2) is 24.3 Å². The highest BCUT2D eigenvalue weighted by Crippen LogP contribution is 2.13. The molecule has 1 aromatic rings. The van der Waals surface area contributed by atoms with Crippen molar-refractivity contribution in [3.05, 3.63) is 29.8 Å². The molecule has 0 aliphatic rings. The number of carboxylic acids is 1. The predicted molar refractivity (Wildman–Crippen MR) is 57.3 cm³/mol. The van der Waals surface area contributed by atoms with Crippen LogP contribution in [0, 0.1) is 0 Å². The standard InChI is InChI=1S/C10H12O3S/c1-14-6-5-13-9-4-2-3-8(7-9)10(11)12/h2-4,7H,5-6H2,1H3,(H,11,12). The van der Waals surface area contributed by atoms with Crippen molar-refractivity contribution in [2.75, 3.05) is 18.6 Å². The first kappa shape index (κ1) is 10.9. The van der Waals surface area contributed by atoms with Gasteiger partial charge in [0.1, 0.15) is 5.75 Å². The van der Waals surface area contributed by atoms with Crippen LogP contribution in [-0.2, 0) is 0 Å². The van der Waals surface area contributed by atoms with E-state index in [1.165, 1.54) is 6.07 Å². The maximum absolute atomic E-state index is 10.6. The molecule has 0 atom stereocenters. The Kier molecular flexibility index (Phi) is 4.32. The highest BCUT2D eigenvalue weighted by atomic mass is 32.2. The van der Waals surface area contributed by atoms with Crippen molar-refractivity contribution in [3.63, 3.8) is 0 Å². The lowest BCUT2D eigenvalue weighted by atomic mass is 10.2. The zero-order chi connectivity index (χ0) is 10.4. The average molecular weight is 212 g/mol. The minimum Gasteiger partial charge on any atom is -0.493 e. The first-order chi connectivity index (χ1) is 6.74. The summed E-state index contributed by atoms with van der Waals surface area (Å²) in [4.78, 5) is 10.6. The number of hydrogen-bond acceptors (Lipinski definition) is 3. The third-order valence-electron chi connectivity index (χ3n) is 1.64. The van der Waals surface area contributed by atoms with Crippen molar-refractivity contribution in [3.8, 4) is 5.75 Å². The molecule has 0 aliphatic heterocycles. The summed E-state index contributed by atoms with van der Waals surface area (Å²) in [5.74, 6) is 0.580. The van der Waals surface area contributed by atoms with Gasteiger partial charge in [-0.2, -0.15) is 11.8 Å². The Morgan fingerprint density at radius 3 is 3.00 bits per heavy atom. The molecule has 0 aliphatic carbocycles. The quantitative estimate of drug-likeness (QED) is 0.759. The number of rotatable bonds is 5. The Bertz CT molecular complexity index is 312. The van der Waals surface area contributed by atoms with Crippen LogP contribution in [-0.4, -0.2) is 29.7 Å². The van der Waals surface area contributed by atoms with Gasteiger partial charge in [0.15, 0.2) is 0 Å². The van der Waals surface area contributed by atoms with E-state index >= 15 is 0 Å². The van der Waals surface area contributed by atoms with E-state index in [-0.39, 0.29) is 5.56 Å². The minimum atomic E-state index is -0.930. The fourth-order valence-corrected chi connectivity index (χ4v) is 1.21. The first-order valence-corrected chi connectivity index (χ1v) is 5.58. The fraction of sp³-hybridized carbons (Fsp3) is 0.300. The van der Waals surface area contributed by atoms with Gasteiger partial charge in [-0.1, -0.05) is 6.07 Å². The van der Waals surface area contributed by atoms with Crippen LogP contribution in [0.5, 0.6) is 5.75 Å². The van der Waals surface area contributed by atoms with Gasteiger partial charge in [-0.15, -0.1) is 0 Å². The molecule has 0 saturated carbocycles. The fourth-order valence-electron chi connectivity index (χ4n) is 0.962. The lowest BCUT2D eigenvalue weighted by molar-refractivity contribution is 0.0696. The normalized spacial score (nSPS) is 9.79. The summed E-state index contributed by atoms with van der Waals surface area (Å²) in [6.07, 6.45) is 2.00. The molecular formula is C10H12O3S. The van der Waals surface area contributed by atoms with E-state index < -0.39 is 5.97 Å². The Labute approximate surface area is 87.1 Å². The number of benzene rings is 1. The van der Waals surface area contributed by atoms with Crippen LogP contribution in [0.1, 0.15) is 10.4 Å². The number of ether oxygens (including phenoxy) is 1. The number of hydrogen-bond donors (Lipinski definition) is 1. The molecule has 14 heavy (non-hydrogen) atoms. The second-order valence-corrected chi connectivity index (χ2v) is 3.66. The topological polar surface area (TPSA) is 46.5 Å². The second kappa shape index (κ2) is 5.54. The number of aromatic carboxylic acids is 1. The SMILES string of the molecule is CSCCOc1cccc(C(=O)O)c1. The summed E-state index contributed by atoms with van der Waals surface area (Å²) in [5.41, 5.74) is 0.256. The third-order valence-corrected chi connectivity index (χ3v) is 2.21. The van der Waals surface area contributed by atoms with Crippen LogP contribution in [0.25, 0.3) is 0 Å². The molecule has 0 fully saturated rings. The van der Waals surface area contributed by atoms with E-state index in [0.717, 1.165) is 5.75 Å². The van der Waals surface area contributed by atoms with Gasteiger partial charge >= 0.3 is 5.97 Å². The lowest BCUT2D eigenvalue weighted by Crippen LogP contribution is -2.01. The monoisotopic (exact) mass is 212 g/mol. The molecule has 1 N–H and O–H groups in total. The molecule has 0 spiro atoms. The molecule has 1 rings (SSSR count). The van der Waals surface area contributed by atoms with Gasteiger partial charge in [0.2, 0.25) is 0 Å². The van der Waals surface area contributed by atoms with Crippen molar-refractivity contribution in [1.29, 1.82) is 0 Å². The van der Waals surface area contributed by atoms with Gasteiger partial charge in [-0.05, 0) is 24.5 Å². The van der Waals surface area contributed by atoms with Gasteiger partial charge in [0.05, 0.1) is 12.2 Å². The van der Waals surface area contributed by atoms with E-state index in [2.05, 4.69) is 0 Å². The summed E-state index contributed by atoms with van der Waals surface area (Å²) in [6, 6.07) is 6.51. The average Bonchev–Trinajstić information content (AvgIpc) is 2.19. The highest BCUT2D eigenvalue weighted by molar-refractivity contribution is 7.98. The van der Waals surface area contributed by atoms with Crippen LogP contribution < -0.4 is 4.74 Å². The van der Waals surface area contributed by atoms with Gasteiger partial charge < -0.3 is 9.84 Å². The second-order valence-electron chi connectivity index (χ2n) is 2.67. The Morgan fingerprint density at radius 1 is 1.57 bits per heavy atom.